The minimum Gasteiger partial charge on any atom is -0.318 e. The van der Waals surface area contributed by atoms with Gasteiger partial charge in [-0.15, -0.1) is 0 Å². The number of nitrogens with zero attached hydrogens (tertiary/aromatic N) is 2. The number of benzene rings is 3. The van der Waals surface area contributed by atoms with Gasteiger partial charge in [-0.3, -0.25) is 29.8 Å². The summed E-state index contributed by atoms with van der Waals surface area (Å²) in [4.78, 5) is 40.8. The third-order valence-corrected chi connectivity index (χ3v) is 4.96. The van der Waals surface area contributed by atoms with E-state index in [4.69, 9.17) is 0 Å². The number of hydrogen-bond donors (Lipinski definition) is 3. The Hall–Kier alpha value is -4.46. The van der Waals surface area contributed by atoms with Crippen molar-refractivity contribution >= 4 is 34.4 Å². The Balaban J connectivity index is 1.37. The topological polar surface area (TPSA) is 105 Å². The van der Waals surface area contributed by atoms with Crippen molar-refractivity contribution in [2.45, 2.75) is 13.3 Å². The number of rotatable bonds is 4. The molecule has 0 bridgehead atoms. The molecular weight excluding hydrogens is 406 g/mol. The molecule has 0 atom stereocenters. The SMILES string of the molecule is CCc1ccc(C(=O)NNC(=O)C(=O)Nc2ccc3c(c2)ncn3-c2ccccc2)cc1. The molecule has 0 aliphatic carbocycles. The molecule has 3 amide bonds. The number of hydrogen-bond acceptors (Lipinski definition) is 4. The third-order valence-electron chi connectivity index (χ3n) is 4.96. The van der Waals surface area contributed by atoms with E-state index in [1.165, 1.54) is 0 Å². The van der Waals surface area contributed by atoms with Crippen LogP contribution in [-0.2, 0) is 16.0 Å². The Kier molecular flexibility index (Phi) is 5.94. The van der Waals surface area contributed by atoms with Crippen molar-refractivity contribution in [1.82, 2.24) is 20.4 Å². The number of aryl methyl sites for hydroxylation is 1. The van der Waals surface area contributed by atoms with Gasteiger partial charge >= 0.3 is 11.8 Å². The molecule has 8 nitrogen and oxygen atoms in total. The van der Waals surface area contributed by atoms with Crippen molar-refractivity contribution in [3.8, 4) is 5.69 Å². The summed E-state index contributed by atoms with van der Waals surface area (Å²) < 4.78 is 1.93. The van der Waals surface area contributed by atoms with E-state index in [0.29, 0.717) is 16.8 Å². The number of fused-ring (bicyclic) bond motifs is 1. The van der Waals surface area contributed by atoms with E-state index in [0.717, 1.165) is 23.2 Å². The highest BCUT2D eigenvalue weighted by atomic mass is 16.2. The van der Waals surface area contributed by atoms with E-state index in [9.17, 15) is 14.4 Å². The first-order valence-electron chi connectivity index (χ1n) is 10.1. The fourth-order valence-corrected chi connectivity index (χ4v) is 3.21. The summed E-state index contributed by atoms with van der Waals surface area (Å²) in [5.41, 5.74) is 8.73. The van der Waals surface area contributed by atoms with Gasteiger partial charge in [0.1, 0.15) is 6.33 Å². The van der Waals surface area contributed by atoms with Gasteiger partial charge in [0.05, 0.1) is 11.0 Å². The lowest BCUT2D eigenvalue weighted by atomic mass is 10.1. The molecule has 160 valence electrons. The molecule has 0 fully saturated rings. The Morgan fingerprint density at radius 2 is 1.62 bits per heavy atom. The molecule has 4 rings (SSSR count). The molecule has 0 saturated carbocycles. The molecule has 3 N–H and O–H groups in total. The monoisotopic (exact) mass is 427 g/mol. The molecule has 0 aliphatic rings. The van der Waals surface area contributed by atoms with Crippen molar-refractivity contribution in [2.24, 2.45) is 0 Å². The fraction of sp³-hybridized carbons (Fsp3) is 0.0833. The van der Waals surface area contributed by atoms with Gasteiger partial charge < -0.3 is 5.32 Å². The van der Waals surface area contributed by atoms with E-state index in [2.05, 4.69) is 21.2 Å². The van der Waals surface area contributed by atoms with Crippen molar-refractivity contribution in [3.63, 3.8) is 0 Å². The maximum atomic E-state index is 12.2. The summed E-state index contributed by atoms with van der Waals surface area (Å²) >= 11 is 0. The first-order chi connectivity index (χ1) is 15.5. The van der Waals surface area contributed by atoms with Crippen molar-refractivity contribution in [1.29, 1.82) is 0 Å². The van der Waals surface area contributed by atoms with Crippen LogP contribution in [0.4, 0.5) is 5.69 Å². The number of hydrazine groups is 1. The van der Waals surface area contributed by atoms with Gasteiger partial charge in [-0.05, 0) is 54.4 Å². The molecule has 4 aromatic rings. The third kappa shape index (κ3) is 4.49. The van der Waals surface area contributed by atoms with Crippen LogP contribution in [0.2, 0.25) is 0 Å². The quantitative estimate of drug-likeness (QED) is 0.344. The standard InChI is InChI=1S/C24H21N5O3/c1-2-16-8-10-17(11-9-16)22(30)27-28-24(32)23(31)26-18-12-13-21-20(14-18)25-15-29(21)19-6-4-3-5-7-19/h3-15H,2H2,1H3,(H,26,31)(H,27,30)(H,28,32). The van der Waals surface area contributed by atoms with Crippen LogP contribution in [0.25, 0.3) is 16.7 Å². The van der Waals surface area contributed by atoms with Gasteiger partial charge in [0.2, 0.25) is 0 Å². The number of nitrogens with one attached hydrogen (secondary N) is 3. The highest BCUT2D eigenvalue weighted by Crippen LogP contribution is 2.21. The predicted octanol–water partition coefficient (Wildman–Crippen LogP) is 2.99. The lowest BCUT2D eigenvalue weighted by Gasteiger charge is -2.09. The Morgan fingerprint density at radius 1 is 0.875 bits per heavy atom. The van der Waals surface area contributed by atoms with E-state index < -0.39 is 17.7 Å². The second-order valence-corrected chi connectivity index (χ2v) is 7.07. The molecule has 0 radical (unpaired) electrons. The average molecular weight is 427 g/mol. The van der Waals surface area contributed by atoms with E-state index in [1.54, 1.807) is 30.6 Å². The second kappa shape index (κ2) is 9.13. The van der Waals surface area contributed by atoms with E-state index in [-0.39, 0.29) is 0 Å². The van der Waals surface area contributed by atoms with E-state index >= 15 is 0 Å². The Labute approximate surface area is 184 Å². The maximum Gasteiger partial charge on any atom is 0.328 e. The van der Waals surface area contributed by atoms with Crippen LogP contribution in [-0.4, -0.2) is 27.3 Å². The number of carbonyl (C=O) groups is 3. The highest BCUT2D eigenvalue weighted by molar-refractivity contribution is 6.39. The summed E-state index contributed by atoms with van der Waals surface area (Å²) in [5.74, 6) is -2.41. The van der Waals surface area contributed by atoms with Crippen molar-refractivity contribution in [2.75, 3.05) is 5.32 Å². The van der Waals surface area contributed by atoms with Crippen LogP contribution < -0.4 is 16.2 Å². The molecule has 3 aromatic carbocycles. The van der Waals surface area contributed by atoms with Crippen LogP contribution in [0, 0.1) is 0 Å². The first-order valence-corrected chi connectivity index (χ1v) is 10.1. The zero-order chi connectivity index (χ0) is 22.5. The van der Waals surface area contributed by atoms with Crippen molar-refractivity contribution < 1.29 is 14.4 Å². The maximum absolute atomic E-state index is 12.2. The lowest BCUT2D eigenvalue weighted by Crippen LogP contribution is -2.46. The molecule has 0 aliphatic heterocycles. The summed E-state index contributed by atoms with van der Waals surface area (Å²) in [5, 5.41) is 2.51. The number of aromatic nitrogens is 2. The van der Waals surface area contributed by atoms with Gasteiger partial charge in [0.25, 0.3) is 5.91 Å². The van der Waals surface area contributed by atoms with Gasteiger partial charge in [-0.2, -0.15) is 0 Å². The number of carbonyl (C=O) groups excluding carboxylic acids is 3. The molecule has 1 heterocycles. The number of para-hydroxylation sites is 1. The van der Waals surface area contributed by atoms with Crippen LogP contribution >= 0.6 is 0 Å². The summed E-state index contributed by atoms with van der Waals surface area (Å²) in [7, 11) is 0. The first kappa shape index (κ1) is 20.8. The molecule has 32 heavy (non-hydrogen) atoms. The van der Waals surface area contributed by atoms with Gasteiger partial charge in [0.15, 0.2) is 0 Å². The molecule has 0 spiro atoms. The fourth-order valence-electron chi connectivity index (χ4n) is 3.21. The normalized spacial score (nSPS) is 10.5. The largest absolute Gasteiger partial charge is 0.328 e. The molecular formula is C24H21N5O3. The van der Waals surface area contributed by atoms with E-state index in [1.807, 2.05) is 60.0 Å². The van der Waals surface area contributed by atoms with Crippen LogP contribution in [0.5, 0.6) is 0 Å². The summed E-state index contributed by atoms with van der Waals surface area (Å²) in [6.45, 7) is 2.01. The molecule has 0 unspecified atom stereocenters. The zero-order valence-electron chi connectivity index (χ0n) is 17.3. The van der Waals surface area contributed by atoms with Gasteiger partial charge in [-0.25, -0.2) is 4.98 Å². The summed E-state index contributed by atoms with van der Waals surface area (Å²) in [6.07, 6.45) is 2.55. The molecule has 1 aromatic heterocycles. The lowest BCUT2D eigenvalue weighted by molar-refractivity contribution is -0.136. The minimum absolute atomic E-state index is 0.377. The van der Waals surface area contributed by atoms with Gasteiger partial charge in [0, 0.05) is 16.9 Å². The predicted molar refractivity (Wildman–Crippen MR) is 121 cm³/mol. The van der Waals surface area contributed by atoms with Gasteiger partial charge in [-0.1, -0.05) is 37.3 Å². The Morgan fingerprint density at radius 3 is 2.34 bits per heavy atom. The number of amides is 3. The second-order valence-electron chi connectivity index (χ2n) is 7.07. The summed E-state index contributed by atoms with van der Waals surface area (Å²) in [6, 6.07) is 21.9. The number of imidazole rings is 1. The minimum atomic E-state index is -0.988. The molecule has 8 heteroatoms. The number of anilines is 1. The van der Waals surface area contributed by atoms with Crippen LogP contribution in [0.15, 0.2) is 79.1 Å². The van der Waals surface area contributed by atoms with Crippen LogP contribution in [0.3, 0.4) is 0 Å². The smallest absolute Gasteiger partial charge is 0.318 e. The zero-order valence-corrected chi connectivity index (χ0v) is 17.3. The average Bonchev–Trinajstić information content (AvgIpc) is 3.26. The van der Waals surface area contributed by atoms with Crippen molar-refractivity contribution in [3.05, 3.63) is 90.3 Å². The van der Waals surface area contributed by atoms with Crippen LogP contribution in [0.1, 0.15) is 22.8 Å². The highest BCUT2D eigenvalue weighted by Gasteiger charge is 2.16. The Bertz CT molecular complexity index is 1280. The molecule has 0 saturated heterocycles.